The summed E-state index contributed by atoms with van der Waals surface area (Å²) in [6.45, 7) is 1.59. The minimum Gasteiger partial charge on any atom is -0.409 e. The molecule has 0 aliphatic heterocycles. The van der Waals surface area contributed by atoms with Crippen LogP contribution in [-0.2, 0) is 6.42 Å². The van der Waals surface area contributed by atoms with Crippen LogP contribution < -0.4 is 5.73 Å². The van der Waals surface area contributed by atoms with Gasteiger partial charge >= 0.3 is 0 Å². The lowest BCUT2D eigenvalue weighted by Crippen LogP contribution is -2.40. The molecular weight excluding hydrogens is 250 g/mol. The molecular formula is C16H25N3O. The van der Waals surface area contributed by atoms with E-state index in [1.54, 1.807) is 0 Å². The van der Waals surface area contributed by atoms with E-state index in [9.17, 15) is 0 Å². The van der Waals surface area contributed by atoms with Gasteiger partial charge in [-0.25, -0.2) is 0 Å². The van der Waals surface area contributed by atoms with Crippen LogP contribution in [0, 0.1) is 0 Å². The number of nitrogens with two attached hydrogens (primary N) is 1. The Bertz CT molecular complexity index is 413. The summed E-state index contributed by atoms with van der Waals surface area (Å²) in [7, 11) is 0. The third-order valence-corrected chi connectivity index (χ3v) is 4.09. The quantitative estimate of drug-likeness (QED) is 0.348. The smallest absolute Gasteiger partial charge is 0.153 e. The monoisotopic (exact) mass is 275 g/mol. The second-order valence-electron chi connectivity index (χ2n) is 5.59. The van der Waals surface area contributed by atoms with E-state index in [-0.39, 0.29) is 0 Å². The van der Waals surface area contributed by atoms with Gasteiger partial charge in [0, 0.05) is 6.04 Å². The number of hydrogen-bond acceptors (Lipinski definition) is 3. The van der Waals surface area contributed by atoms with Gasteiger partial charge in [-0.1, -0.05) is 48.3 Å². The first kappa shape index (κ1) is 14.9. The highest BCUT2D eigenvalue weighted by atomic mass is 16.4. The van der Waals surface area contributed by atoms with Crippen molar-refractivity contribution < 1.29 is 5.21 Å². The van der Waals surface area contributed by atoms with E-state index < -0.39 is 0 Å². The van der Waals surface area contributed by atoms with Crippen molar-refractivity contribution in [2.45, 2.75) is 44.6 Å². The molecule has 0 unspecified atom stereocenters. The van der Waals surface area contributed by atoms with E-state index in [0.29, 0.717) is 18.4 Å². The first-order valence-corrected chi connectivity index (χ1v) is 7.54. The van der Waals surface area contributed by atoms with Crippen LogP contribution in [0.3, 0.4) is 0 Å². The number of nitrogens with zero attached hydrogens (tertiary/aromatic N) is 2. The van der Waals surface area contributed by atoms with E-state index in [1.807, 2.05) is 6.07 Å². The Kier molecular flexibility index (Phi) is 5.87. The van der Waals surface area contributed by atoms with Crippen LogP contribution >= 0.6 is 0 Å². The van der Waals surface area contributed by atoms with Gasteiger partial charge in [0.05, 0.1) is 6.54 Å². The van der Waals surface area contributed by atoms with Crippen molar-refractivity contribution in [1.82, 2.24) is 4.90 Å². The predicted molar refractivity (Wildman–Crippen MR) is 82.0 cm³/mol. The third-order valence-electron chi connectivity index (χ3n) is 4.09. The van der Waals surface area contributed by atoms with Gasteiger partial charge in [-0.15, -0.1) is 0 Å². The lowest BCUT2D eigenvalue weighted by Gasteiger charge is -2.28. The van der Waals surface area contributed by atoms with Crippen LogP contribution in [0.5, 0.6) is 0 Å². The number of amidine groups is 1. The van der Waals surface area contributed by atoms with Crippen molar-refractivity contribution in [2.24, 2.45) is 10.9 Å². The fourth-order valence-corrected chi connectivity index (χ4v) is 3.03. The maximum Gasteiger partial charge on any atom is 0.153 e. The maximum atomic E-state index is 8.77. The lowest BCUT2D eigenvalue weighted by molar-refractivity contribution is 0.220. The fraction of sp³-hybridized carbons (Fsp3) is 0.562. The van der Waals surface area contributed by atoms with Crippen LogP contribution in [0.15, 0.2) is 35.5 Å². The molecule has 1 saturated carbocycles. The Morgan fingerprint density at radius 1 is 1.25 bits per heavy atom. The SMILES string of the molecule is N/C(CN(CCCc1ccccc1)C1CCCC1)=N/O. The Hall–Kier alpha value is -1.55. The van der Waals surface area contributed by atoms with Gasteiger partial charge in [0.2, 0.25) is 0 Å². The number of aryl methyl sites for hydroxylation is 1. The van der Waals surface area contributed by atoms with Gasteiger partial charge in [0.15, 0.2) is 5.84 Å². The Labute approximate surface area is 121 Å². The molecule has 0 atom stereocenters. The van der Waals surface area contributed by atoms with E-state index in [1.165, 1.54) is 31.2 Å². The summed E-state index contributed by atoms with van der Waals surface area (Å²) in [5.41, 5.74) is 7.06. The summed E-state index contributed by atoms with van der Waals surface area (Å²) >= 11 is 0. The topological polar surface area (TPSA) is 61.8 Å². The Morgan fingerprint density at radius 3 is 2.60 bits per heavy atom. The van der Waals surface area contributed by atoms with Crippen LogP contribution in [0.2, 0.25) is 0 Å². The highest BCUT2D eigenvalue weighted by Crippen LogP contribution is 2.23. The molecule has 1 aromatic carbocycles. The van der Waals surface area contributed by atoms with Crippen molar-refractivity contribution in [2.75, 3.05) is 13.1 Å². The average molecular weight is 275 g/mol. The minimum absolute atomic E-state index is 0.316. The molecule has 0 heterocycles. The summed E-state index contributed by atoms with van der Waals surface area (Å²) in [6.07, 6.45) is 7.28. The molecule has 4 nitrogen and oxygen atoms in total. The third kappa shape index (κ3) is 4.53. The Balaban J connectivity index is 1.83. The second-order valence-corrected chi connectivity index (χ2v) is 5.59. The average Bonchev–Trinajstić information content (AvgIpc) is 3.01. The summed E-state index contributed by atoms with van der Waals surface area (Å²) in [6, 6.07) is 11.2. The highest BCUT2D eigenvalue weighted by molar-refractivity contribution is 5.81. The van der Waals surface area contributed by atoms with Crippen LogP contribution in [0.4, 0.5) is 0 Å². The van der Waals surface area contributed by atoms with Crippen LogP contribution in [0.1, 0.15) is 37.7 Å². The van der Waals surface area contributed by atoms with Crippen molar-refractivity contribution in [3.63, 3.8) is 0 Å². The lowest BCUT2D eigenvalue weighted by atomic mass is 10.1. The summed E-state index contributed by atoms with van der Waals surface area (Å²) in [5.74, 6) is 0.316. The van der Waals surface area contributed by atoms with E-state index >= 15 is 0 Å². The summed E-state index contributed by atoms with van der Waals surface area (Å²) in [4.78, 5) is 2.38. The molecule has 110 valence electrons. The zero-order chi connectivity index (χ0) is 14.2. The molecule has 3 N–H and O–H groups in total. The molecule has 1 fully saturated rings. The Morgan fingerprint density at radius 2 is 1.95 bits per heavy atom. The zero-order valence-corrected chi connectivity index (χ0v) is 12.0. The number of oxime groups is 1. The van der Waals surface area contributed by atoms with Crippen LogP contribution in [0.25, 0.3) is 0 Å². The minimum atomic E-state index is 0.316. The normalized spacial score (nSPS) is 16.9. The highest BCUT2D eigenvalue weighted by Gasteiger charge is 2.22. The molecule has 0 radical (unpaired) electrons. The molecule has 1 aromatic rings. The van der Waals surface area contributed by atoms with E-state index in [2.05, 4.69) is 34.3 Å². The van der Waals surface area contributed by atoms with E-state index in [4.69, 9.17) is 10.9 Å². The molecule has 1 aliphatic carbocycles. The van der Waals surface area contributed by atoms with Crippen LogP contribution in [-0.4, -0.2) is 35.1 Å². The van der Waals surface area contributed by atoms with Gasteiger partial charge in [0.1, 0.15) is 0 Å². The fourth-order valence-electron chi connectivity index (χ4n) is 3.03. The zero-order valence-electron chi connectivity index (χ0n) is 12.0. The van der Waals surface area contributed by atoms with Gasteiger partial charge in [-0.2, -0.15) is 0 Å². The second kappa shape index (κ2) is 7.90. The molecule has 1 aliphatic rings. The van der Waals surface area contributed by atoms with Crippen molar-refractivity contribution in [3.05, 3.63) is 35.9 Å². The molecule has 0 saturated heterocycles. The molecule has 0 aromatic heterocycles. The summed E-state index contributed by atoms with van der Waals surface area (Å²) < 4.78 is 0. The predicted octanol–water partition coefficient (Wildman–Crippen LogP) is 2.61. The van der Waals surface area contributed by atoms with Gasteiger partial charge < -0.3 is 10.9 Å². The van der Waals surface area contributed by atoms with Crippen molar-refractivity contribution in [3.8, 4) is 0 Å². The molecule has 0 spiro atoms. The number of benzene rings is 1. The first-order valence-electron chi connectivity index (χ1n) is 7.54. The maximum absolute atomic E-state index is 8.77. The van der Waals surface area contributed by atoms with E-state index in [0.717, 1.165) is 19.4 Å². The molecule has 0 amide bonds. The number of rotatable bonds is 7. The van der Waals surface area contributed by atoms with Gasteiger partial charge in [-0.3, -0.25) is 4.90 Å². The van der Waals surface area contributed by atoms with Crippen molar-refractivity contribution >= 4 is 5.84 Å². The standard InChI is InChI=1S/C16H25N3O/c17-16(18-20)13-19(15-10-4-5-11-15)12-6-9-14-7-2-1-3-8-14/h1-3,7-8,15,20H,4-6,9-13H2,(H2,17,18). The van der Waals surface area contributed by atoms with Gasteiger partial charge in [0.25, 0.3) is 0 Å². The molecule has 0 bridgehead atoms. The van der Waals surface area contributed by atoms with Gasteiger partial charge in [-0.05, 0) is 37.8 Å². The molecule has 20 heavy (non-hydrogen) atoms. The summed E-state index contributed by atoms with van der Waals surface area (Å²) in [5, 5.41) is 11.9. The number of hydrogen-bond donors (Lipinski definition) is 2. The largest absolute Gasteiger partial charge is 0.409 e. The first-order chi connectivity index (χ1) is 9.79. The van der Waals surface area contributed by atoms with Crippen molar-refractivity contribution in [1.29, 1.82) is 0 Å². The molecule has 2 rings (SSSR count). The molecule has 4 heteroatoms.